The first-order valence-electron chi connectivity index (χ1n) is 19.5. The zero-order valence-corrected chi connectivity index (χ0v) is 35.3. The summed E-state index contributed by atoms with van der Waals surface area (Å²) < 4.78 is 45.9. The van der Waals surface area contributed by atoms with Gasteiger partial charge in [0.2, 0.25) is 0 Å². The normalized spacial score (nSPS) is 20.1. The second-order valence-corrected chi connectivity index (χ2v) is 14.5. The van der Waals surface area contributed by atoms with E-state index >= 15 is 0 Å². The molecule has 12 heteroatoms. The summed E-state index contributed by atoms with van der Waals surface area (Å²) >= 11 is 11.0. The molecule has 3 rings (SSSR count). The second-order valence-electron chi connectivity index (χ2n) is 13.3. The molecule has 1 fully saturated rings. The molecule has 1 aliphatic rings. The number of benzene rings is 2. The van der Waals surface area contributed by atoms with Crippen LogP contribution in [0.1, 0.15) is 109 Å². The van der Waals surface area contributed by atoms with Gasteiger partial charge < -0.3 is 33.2 Å². The van der Waals surface area contributed by atoms with E-state index in [1.165, 1.54) is 14.2 Å². The molecule has 0 spiro atoms. The summed E-state index contributed by atoms with van der Waals surface area (Å²) in [5, 5.41) is 1.51. The maximum atomic E-state index is 12.8. The number of hydroxylamine groups is 2. The molecule has 5 atom stereocenters. The molecule has 0 bridgehead atoms. The smallest absolute Gasteiger partial charge is 0.283 e. The Bertz CT molecular complexity index is 1330. The summed E-state index contributed by atoms with van der Waals surface area (Å²) in [7, 11) is 2.96. The van der Waals surface area contributed by atoms with E-state index in [0.29, 0.717) is 61.3 Å². The lowest BCUT2D eigenvalue weighted by Gasteiger charge is -2.47. The highest BCUT2D eigenvalue weighted by Gasteiger charge is 2.49. The van der Waals surface area contributed by atoms with Crippen molar-refractivity contribution in [2.45, 2.75) is 123 Å². The number of amides is 1. The van der Waals surface area contributed by atoms with Crippen molar-refractivity contribution in [1.82, 2.24) is 5.06 Å². The van der Waals surface area contributed by atoms with Gasteiger partial charge in [0.1, 0.15) is 36.3 Å². The van der Waals surface area contributed by atoms with Crippen molar-refractivity contribution in [2.24, 2.45) is 0 Å². The minimum atomic E-state index is -0.616. The molecule has 2 unspecified atom stereocenters. The molecule has 0 aliphatic carbocycles. The SMILES string of the molecule is CCCCOC[C@H]1OC(c2cc(Cc3ccc(OCC)cc3)c(Cl)c(OCC(=O)N(C)OC)c2Br)C(OCCCC)[C@@H](OCCCC)[C@@H]1OCCCC. The lowest BCUT2D eigenvalue weighted by Crippen LogP contribution is -2.58. The highest BCUT2D eigenvalue weighted by atomic mass is 79.9. The Morgan fingerprint density at radius 3 is 2.00 bits per heavy atom. The molecular formula is C41H63BrClNO9. The Kier molecular flexibility index (Phi) is 21.6. The maximum Gasteiger partial charge on any atom is 0.283 e. The van der Waals surface area contributed by atoms with Crippen molar-refractivity contribution in [2.75, 3.05) is 60.4 Å². The Labute approximate surface area is 331 Å². The van der Waals surface area contributed by atoms with Crippen molar-refractivity contribution in [3.63, 3.8) is 0 Å². The van der Waals surface area contributed by atoms with Gasteiger partial charge in [-0.1, -0.05) is 77.1 Å². The fourth-order valence-corrected chi connectivity index (χ4v) is 7.01. The third-order valence-corrected chi connectivity index (χ3v) is 10.4. The largest absolute Gasteiger partial charge is 0.494 e. The van der Waals surface area contributed by atoms with Gasteiger partial charge in [-0.15, -0.1) is 0 Å². The van der Waals surface area contributed by atoms with Gasteiger partial charge in [0.25, 0.3) is 5.91 Å². The van der Waals surface area contributed by atoms with E-state index in [4.69, 9.17) is 49.6 Å². The fourth-order valence-electron chi connectivity index (χ4n) is 5.98. The van der Waals surface area contributed by atoms with E-state index in [1.54, 1.807) is 0 Å². The molecule has 1 amide bonds. The number of nitrogens with zero attached hydrogens (tertiary/aromatic N) is 1. The van der Waals surface area contributed by atoms with Crippen LogP contribution in [-0.4, -0.2) is 95.8 Å². The van der Waals surface area contributed by atoms with Crippen LogP contribution in [0.3, 0.4) is 0 Å². The van der Waals surface area contributed by atoms with Gasteiger partial charge >= 0.3 is 0 Å². The molecule has 300 valence electrons. The van der Waals surface area contributed by atoms with E-state index in [0.717, 1.165) is 78.9 Å². The van der Waals surface area contributed by atoms with E-state index in [1.807, 2.05) is 31.2 Å². The molecule has 1 aliphatic heterocycles. The van der Waals surface area contributed by atoms with Gasteiger partial charge in [-0.3, -0.25) is 9.63 Å². The number of ether oxygens (including phenoxy) is 7. The molecule has 0 radical (unpaired) electrons. The van der Waals surface area contributed by atoms with E-state index in [2.05, 4.69) is 49.7 Å². The molecule has 1 saturated heterocycles. The first-order valence-corrected chi connectivity index (χ1v) is 20.6. The van der Waals surface area contributed by atoms with Crippen molar-refractivity contribution >= 4 is 33.4 Å². The van der Waals surface area contributed by atoms with E-state index < -0.39 is 30.5 Å². The molecule has 10 nitrogen and oxygen atoms in total. The van der Waals surface area contributed by atoms with Crippen LogP contribution in [-0.2, 0) is 39.7 Å². The highest BCUT2D eigenvalue weighted by Crippen LogP contribution is 2.47. The third kappa shape index (κ3) is 13.9. The Hall–Kier alpha value is -1.96. The number of likely N-dealkylation sites (N-methyl/N-ethyl adjacent to an activating group) is 1. The lowest BCUT2D eigenvalue weighted by atomic mass is 9.89. The average Bonchev–Trinajstić information content (AvgIpc) is 3.16. The molecule has 2 aromatic rings. The van der Waals surface area contributed by atoms with Crippen LogP contribution in [0.25, 0.3) is 0 Å². The van der Waals surface area contributed by atoms with Gasteiger partial charge in [-0.05, 0) is 84.3 Å². The second kappa shape index (κ2) is 25.2. The zero-order chi connectivity index (χ0) is 38.6. The third-order valence-electron chi connectivity index (χ3n) is 9.15. The van der Waals surface area contributed by atoms with Gasteiger partial charge in [-0.2, -0.15) is 0 Å². The van der Waals surface area contributed by atoms with Crippen LogP contribution >= 0.6 is 27.5 Å². The number of carbonyl (C=O) groups excluding carboxylic acids is 1. The Balaban J connectivity index is 2.19. The molecule has 0 N–H and O–H groups in total. The van der Waals surface area contributed by atoms with Gasteiger partial charge in [0, 0.05) is 39.0 Å². The van der Waals surface area contributed by atoms with Crippen LogP contribution in [0, 0.1) is 0 Å². The minimum Gasteiger partial charge on any atom is -0.494 e. The number of unbranched alkanes of at least 4 members (excludes halogenated alkanes) is 4. The number of hydrogen-bond donors (Lipinski definition) is 0. The van der Waals surface area contributed by atoms with Crippen molar-refractivity contribution < 1.29 is 42.8 Å². The average molecular weight is 829 g/mol. The summed E-state index contributed by atoms with van der Waals surface area (Å²) in [6, 6.07) is 9.99. The van der Waals surface area contributed by atoms with Crippen LogP contribution in [0.2, 0.25) is 5.02 Å². The van der Waals surface area contributed by atoms with Gasteiger partial charge in [0.15, 0.2) is 12.4 Å². The predicted octanol–water partition coefficient (Wildman–Crippen LogP) is 9.30. The quantitative estimate of drug-likeness (QED) is 0.0680. The lowest BCUT2D eigenvalue weighted by molar-refractivity contribution is -0.268. The van der Waals surface area contributed by atoms with Crippen molar-refractivity contribution in [3.8, 4) is 11.5 Å². The first-order chi connectivity index (χ1) is 25.7. The molecule has 0 aromatic heterocycles. The standard InChI is InChI=1S/C41H63BrClNO9/c1-8-13-21-47-27-33-38(49-22-14-9-2)41(51-24-16-11-4)40(50-23-15-10-3)37(53-33)32-26-30(25-29-17-19-31(20-18-29)48-12-5)36(43)39(35(32)42)52-28-34(45)44(6)46-7/h17-20,26,33,37-38,40-41H,8-16,21-25,27-28H2,1-7H3/t33-,37?,38-,40?,41+/m1/s1. The van der Waals surface area contributed by atoms with Crippen LogP contribution in [0.4, 0.5) is 0 Å². The number of rotatable bonds is 26. The minimum absolute atomic E-state index is 0.291. The summed E-state index contributed by atoms with van der Waals surface area (Å²) in [4.78, 5) is 17.9. The molecular weight excluding hydrogens is 766 g/mol. The molecule has 0 saturated carbocycles. The van der Waals surface area contributed by atoms with Crippen LogP contribution in [0.15, 0.2) is 34.8 Å². The summed E-state index contributed by atoms with van der Waals surface area (Å²) in [5.41, 5.74) is 2.60. The predicted molar refractivity (Wildman–Crippen MR) is 212 cm³/mol. The summed E-state index contributed by atoms with van der Waals surface area (Å²) in [6.45, 7) is 13.5. The highest BCUT2D eigenvalue weighted by molar-refractivity contribution is 9.10. The topological polar surface area (TPSA) is 94.2 Å². The zero-order valence-electron chi connectivity index (χ0n) is 33.0. The maximum absolute atomic E-state index is 12.8. The van der Waals surface area contributed by atoms with Crippen molar-refractivity contribution in [1.29, 1.82) is 0 Å². The summed E-state index contributed by atoms with van der Waals surface area (Å²) in [5.74, 6) is 0.757. The Morgan fingerprint density at radius 2 is 1.42 bits per heavy atom. The van der Waals surface area contributed by atoms with Crippen molar-refractivity contribution in [3.05, 3.63) is 56.5 Å². The van der Waals surface area contributed by atoms with Gasteiger partial charge in [-0.25, -0.2) is 5.06 Å². The monoisotopic (exact) mass is 827 g/mol. The number of carbonyl (C=O) groups is 1. The first kappa shape index (κ1) is 45.4. The van der Waals surface area contributed by atoms with Gasteiger partial charge in [0.05, 0.1) is 29.8 Å². The molecule has 53 heavy (non-hydrogen) atoms. The summed E-state index contributed by atoms with van der Waals surface area (Å²) in [6.07, 6.45) is 5.72. The van der Waals surface area contributed by atoms with Crippen LogP contribution < -0.4 is 9.47 Å². The molecule has 2 aromatic carbocycles. The van der Waals surface area contributed by atoms with E-state index in [9.17, 15) is 4.79 Å². The van der Waals surface area contributed by atoms with Crippen LogP contribution in [0.5, 0.6) is 11.5 Å². The van der Waals surface area contributed by atoms with E-state index in [-0.39, 0.29) is 12.5 Å². The fraction of sp³-hybridized carbons (Fsp3) is 0.683. The number of halogens is 2. The Morgan fingerprint density at radius 1 is 0.830 bits per heavy atom. The number of hydrogen-bond acceptors (Lipinski definition) is 9. The molecule has 1 heterocycles.